The molecule has 0 aliphatic carbocycles. The monoisotopic (exact) mass is 1130 g/mol. The molecule has 396 valence electrons. The second-order valence-electron chi connectivity index (χ2n) is 17.1. The molecule has 1 amide bonds. The fourth-order valence-electron chi connectivity index (χ4n) is 7.23. The Morgan fingerprint density at radius 3 is 1.47 bits per heavy atom. The van der Waals surface area contributed by atoms with Crippen molar-refractivity contribution in [3.8, 4) is 45.6 Å². The summed E-state index contributed by atoms with van der Waals surface area (Å²) in [4.78, 5) is 67.7. The number of benzene rings is 4. The van der Waals surface area contributed by atoms with Crippen LogP contribution in [0.2, 0.25) is 0 Å². The minimum Gasteiger partial charge on any atom is -0.368 e. The molecule has 0 saturated carbocycles. The maximum atomic E-state index is 13.1. The van der Waals surface area contributed by atoms with Gasteiger partial charge in [-0.3, -0.25) is 29.5 Å². The Kier molecular flexibility index (Phi) is 17.6. The third kappa shape index (κ3) is 15.3. The molecule has 10 rings (SSSR count). The molecule has 79 heavy (non-hydrogen) atoms. The zero-order valence-electron chi connectivity index (χ0n) is 41.5. The van der Waals surface area contributed by atoms with Gasteiger partial charge >= 0.3 is 12.4 Å². The van der Waals surface area contributed by atoms with Crippen molar-refractivity contribution in [3.63, 3.8) is 0 Å². The van der Waals surface area contributed by atoms with Crippen LogP contribution >= 0.6 is 15.9 Å². The average molecular weight is 1130 g/mol. The Bertz CT molecular complexity index is 3620. The zero-order valence-corrected chi connectivity index (χ0v) is 43.1. The summed E-state index contributed by atoms with van der Waals surface area (Å²) in [7, 11) is 0. The third-order valence-corrected chi connectivity index (χ3v) is 12.1. The number of hydrogen-bond donors (Lipinski definition) is 3. The molecule has 0 unspecified atom stereocenters. The van der Waals surface area contributed by atoms with Crippen LogP contribution in [0.3, 0.4) is 0 Å². The molecule has 10 aromatic rings. The highest BCUT2D eigenvalue weighted by atomic mass is 79.9. The number of pyridine rings is 4. The number of carbonyl (C=O) groups excluding carboxylic acids is 2. The number of aryl methyl sites for hydroxylation is 2. The summed E-state index contributed by atoms with van der Waals surface area (Å²) in [5.41, 5.74) is 10.6. The predicted molar refractivity (Wildman–Crippen MR) is 289 cm³/mol. The van der Waals surface area contributed by atoms with Gasteiger partial charge in [-0.2, -0.15) is 46.3 Å². The molecule has 4 N–H and O–H groups in total. The molecule has 22 heteroatoms. The minimum absolute atomic E-state index is 0.103. The molecule has 0 saturated heterocycles. The Labute approximate surface area is 455 Å². The van der Waals surface area contributed by atoms with Crippen LogP contribution in [0.1, 0.15) is 48.5 Å². The summed E-state index contributed by atoms with van der Waals surface area (Å²) in [5.74, 6) is 1.43. The second kappa shape index (κ2) is 25.0. The standard InChI is InChI=1S/C29H21F3N6O.C15H11BrF3NO.C13H10N6/c1-18-9-10-20(25(39)14-19-5-2-8-23(13-19)29(30,31)32)15-24(18)35-28-37-26(21-6-3-11-33-16-21)36-27(38-28)22-7-4-12-34-17-22;1-9-5-6-10(7-13(9)16)14(21)20-12-4-2-3-11(8-12)15(17,18)19;14-13-18-11(9-3-1-5-15-7-9)17-12(19-13)10-4-2-6-16-8-10/h2-13,15-17H,14H2,1H3,(H,35,36,37,38);2-8H,1H3,(H,20,21);1-8H,(H2,14,17,18,19). The number of alkyl halides is 6. The first kappa shape index (κ1) is 55.5. The van der Waals surface area contributed by atoms with Crippen molar-refractivity contribution < 1.29 is 35.9 Å². The first-order valence-electron chi connectivity index (χ1n) is 23.6. The number of carbonyl (C=O) groups is 2. The number of amides is 1. The highest BCUT2D eigenvalue weighted by Crippen LogP contribution is 2.32. The molecular formula is C57H42BrF6N13O2. The van der Waals surface area contributed by atoms with Crippen LogP contribution in [0.4, 0.5) is 49.6 Å². The number of hydrogen-bond acceptors (Lipinski definition) is 14. The number of halogens is 7. The van der Waals surface area contributed by atoms with Gasteiger partial charge in [-0.15, -0.1) is 0 Å². The van der Waals surface area contributed by atoms with Gasteiger partial charge in [0, 0.05) is 105 Å². The van der Waals surface area contributed by atoms with Crippen molar-refractivity contribution in [1.82, 2.24) is 49.8 Å². The molecule has 15 nitrogen and oxygen atoms in total. The summed E-state index contributed by atoms with van der Waals surface area (Å²) in [6.45, 7) is 3.73. The van der Waals surface area contributed by atoms with E-state index in [4.69, 9.17) is 5.73 Å². The normalized spacial score (nSPS) is 11.1. The van der Waals surface area contributed by atoms with Gasteiger partial charge in [0.15, 0.2) is 29.1 Å². The number of Topliss-reactive ketones (excluding diaryl/α,β-unsaturated/α-hetero) is 1. The van der Waals surface area contributed by atoms with E-state index in [1.165, 1.54) is 24.3 Å². The van der Waals surface area contributed by atoms with Gasteiger partial charge < -0.3 is 16.4 Å². The van der Waals surface area contributed by atoms with Crippen molar-refractivity contribution in [3.05, 3.63) is 226 Å². The van der Waals surface area contributed by atoms with E-state index in [1.807, 2.05) is 50.2 Å². The Morgan fingerprint density at radius 1 is 0.519 bits per heavy atom. The summed E-state index contributed by atoms with van der Waals surface area (Å²) >= 11 is 3.31. The molecule has 0 bridgehead atoms. The molecule has 0 aliphatic rings. The maximum Gasteiger partial charge on any atom is 0.416 e. The van der Waals surface area contributed by atoms with Crippen LogP contribution in [0.25, 0.3) is 45.6 Å². The lowest BCUT2D eigenvalue weighted by molar-refractivity contribution is -0.138. The summed E-state index contributed by atoms with van der Waals surface area (Å²) in [5, 5.41) is 5.63. The number of aromatic nitrogens is 10. The fraction of sp³-hybridized carbons (Fsp3) is 0.0877. The van der Waals surface area contributed by atoms with Crippen LogP contribution in [0.5, 0.6) is 0 Å². The predicted octanol–water partition coefficient (Wildman–Crippen LogP) is 13.1. The van der Waals surface area contributed by atoms with Crippen LogP contribution in [0.15, 0.2) is 188 Å². The van der Waals surface area contributed by atoms with Crippen LogP contribution in [0, 0.1) is 13.8 Å². The van der Waals surface area contributed by atoms with E-state index in [0.717, 1.165) is 51.0 Å². The molecule has 6 heterocycles. The molecule has 0 atom stereocenters. The second-order valence-corrected chi connectivity index (χ2v) is 17.9. The molecule has 0 aliphatic heterocycles. The summed E-state index contributed by atoms with van der Waals surface area (Å²) in [6, 6.07) is 33.9. The van der Waals surface area contributed by atoms with Gasteiger partial charge in [0.1, 0.15) is 0 Å². The number of nitrogens with zero attached hydrogens (tertiary/aromatic N) is 10. The van der Waals surface area contributed by atoms with Crippen molar-refractivity contribution in [1.29, 1.82) is 0 Å². The lowest BCUT2D eigenvalue weighted by Gasteiger charge is -2.13. The van der Waals surface area contributed by atoms with Crippen LogP contribution in [-0.2, 0) is 18.8 Å². The van der Waals surface area contributed by atoms with E-state index in [1.54, 1.807) is 98.1 Å². The average Bonchev–Trinajstić information content (AvgIpc) is 3.47. The molecule has 6 aromatic heterocycles. The largest absolute Gasteiger partial charge is 0.416 e. The third-order valence-electron chi connectivity index (χ3n) is 11.3. The molecule has 0 fully saturated rings. The van der Waals surface area contributed by atoms with Crippen LogP contribution < -0.4 is 16.4 Å². The lowest BCUT2D eigenvalue weighted by Crippen LogP contribution is -2.13. The first-order chi connectivity index (χ1) is 37.9. The Balaban J connectivity index is 0.000000172. The minimum atomic E-state index is -4.48. The fourth-order valence-corrected chi connectivity index (χ4v) is 7.61. The van der Waals surface area contributed by atoms with Crippen molar-refractivity contribution in [2.24, 2.45) is 0 Å². The quantitative estimate of drug-likeness (QED) is 0.0812. The maximum absolute atomic E-state index is 13.1. The zero-order chi connectivity index (χ0) is 56.1. The number of ketones is 1. The molecule has 4 aromatic carbocycles. The smallest absolute Gasteiger partial charge is 0.368 e. The van der Waals surface area contributed by atoms with E-state index in [-0.39, 0.29) is 35.4 Å². The Hall–Kier alpha value is -9.70. The van der Waals surface area contributed by atoms with E-state index in [2.05, 4.69) is 76.4 Å². The van der Waals surface area contributed by atoms with Crippen molar-refractivity contribution >= 4 is 50.9 Å². The van der Waals surface area contributed by atoms with Gasteiger partial charge in [0.05, 0.1) is 11.1 Å². The highest BCUT2D eigenvalue weighted by molar-refractivity contribution is 9.10. The number of nitrogens with two attached hydrogens (primary N) is 1. The van der Waals surface area contributed by atoms with Gasteiger partial charge in [-0.1, -0.05) is 58.4 Å². The summed E-state index contributed by atoms with van der Waals surface area (Å²) < 4.78 is 77.9. The van der Waals surface area contributed by atoms with Gasteiger partial charge in [0.2, 0.25) is 11.9 Å². The van der Waals surface area contributed by atoms with Gasteiger partial charge in [-0.25, -0.2) is 9.97 Å². The highest BCUT2D eigenvalue weighted by Gasteiger charge is 2.31. The Morgan fingerprint density at radius 2 is 0.987 bits per heavy atom. The number of anilines is 4. The first-order valence-corrected chi connectivity index (χ1v) is 24.4. The van der Waals surface area contributed by atoms with Crippen LogP contribution in [-0.4, -0.2) is 61.5 Å². The SMILES string of the molecule is Cc1ccc(C(=O)Cc2cccc(C(F)(F)F)c2)cc1Nc1nc(-c2cccnc2)nc(-c2cccnc2)n1.Cc1ccc(C(=O)Nc2cccc(C(F)(F)F)c2)cc1Br.Nc1nc(-c2cccnc2)nc(-c2cccnc2)n1. The van der Waals surface area contributed by atoms with Gasteiger partial charge in [0.25, 0.3) is 5.91 Å². The topological polar surface area (TPSA) is 213 Å². The summed E-state index contributed by atoms with van der Waals surface area (Å²) in [6.07, 6.45) is 4.24. The van der Waals surface area contributed by atoms with Crippen molar-refractivity contribution in [2.75, 3.05) is 16.4 Å². The molecule has 0 spiro atoms. The van der Waals surface area contributed by atoms with Crippen molar-refractivity contribution in [2.45, 2.75) is 32.6 Å². The van der Waals surface area contributed by atoms with E-state index in [0.29, 0.717) is 51.2 Å². The van der Waals surface area contributed by atoms with E-state index < -0.39 is 29.4 Å². The van der Waals surface area contributed by atoms with E-state index in [9.17, 15) is 35.9 Å². The molecule has 0 radical (unpaired) electrons. The number of rotatable bonds is 11. The van der Waals surface area contributed by atoms with Gasteiger partial charge in [-0.05, 0) is 122 Å². The van der Waals surface area contributed by atoms with E-state index >= 15 is 0 Å². The molecular weight excluding hydrogens is 1090 g/mol. The lowest BCUT2D eigenvalue weighted by atomic mass is 9.99. The number of nitrogens with one attached hydrogen (secondary N) is 2. The number of nitrogen functional groups attached to an aromatic ring is 1.